The second-order valence-corrected chi connectivity index (χ2v) is 6.15. The maximum absolute atomic E-state index is 6.47. The smallest absolute Gasteiger partial charge is 0.0642 e. The number of halogens is 1. The number of para-hydroxylation sites is 1. The first-order chi connectivity index (χ1) is 9.76. The van der Waals surface area contributed by atoms with Gasteiger partial charge >= 0.3 is 0 Å². The van der Waals surface area contributed by atoms with Crippen LogP contribution in [0.3, 0.4) is 0 Å². The van der Waals surface area contributed by atoms with Gasteiger partial charge in [-0.3, -0.25) is 0 Å². The molecule has 20 heavy (non-hydrogen) atoms. The summed E-state index contributed by atoms with van der Waals surface area (Å²) < 4.78 is 0. The Hall–Kier alpha value is -0.730. The fourth-order valence-electron chi connectivity index (χ4n) is 3.17. The number of nitrogens with one attached hydrogen (secondary N) is 1. The van der Waals surface area contributed by atoms with E-state index in [2.05, 4.69) is 36.2 Å². The zero-order chi connectivity index (χ0) is 14.4. The van der Waals surface area contributed by atoms with Gasteiger partial charge in [-0.05, 0) is 36.9 Å². The van der Waals surface area contributed by atoms with E-state index in [-0.39, 0.29) is 0 Å². The van der Waals surface area contributed by atoms with Crippen LogP contribution in [0.1, 0.15) is 45.1 Å². The maximum atomic E-state index is 6.47. The minimum atomic E-state index is 0.898. The van der Waals surface area contributed by atoms with Crippen LogP contribution in [-0.2, 0) is 6.54 Å². The quantitative estimate of drug-likeness (QED) is 0.833. The van der Waals surface area contributed by atoms with Gasteiger partial charge in [-0.25, -0.2) is 0 Å². The van der Waals surface area contributed by atoms with Crippen LogP contribution in [0.2, 0.25) is 5.02 Å². The number of rotatable bonds is 6. The number of piperidine rings is 1. The Kier molecular flexibility index (Phi) is 6.18. The molecule has 0 amide bonds. The zero-order valence-corrected chi connectivity index (χ0v) is 13.5. The number of anilines is 1. The molecule has 1 saturated heterocycles. The summed E-state index contributed by atoms with van der Waals surface area (Å²) in [7, 11) is 0. The molecule has 1 N–H and O–H groups in total. The van der Waals surface area contributed by atoms with Crippen LogP contribution in [0.5, 0.6) is 0 Å². The van der Waals surface area contributed by atoms with E-state index in [4.69, 9.17) is 11.6 Å². The van der Waals surface area contributed by atoms with E-state index in [0.717, 1.165) is 37.1 Å². The third-order valence-corrected chi connectivity index (χ3v) is 4.57. The van der Waals surface area contributed by atoms with Gasteiger partial charge in [0.15, 0.2) is 0 Å². The van der Waals surface area contributed by atoms with E-state index < -0.39 is 0 Å². The monoisotopic (exact) mass is 294 g/mol. The van der Waals surface area contributed by atoms with Gasteiger partial charge in [0.1, 0.15) is 0 Å². The summed E-state index contributed by atoms with van der Waals surface area (Å²) in [5.74, 6) is 0.913. The molecule has 112 valence electrons. The SMILES string of the molecule is CCCC1CCN(c2c(Cl)cccc2CNCC)CC1. The topological polar surface area (TPSA) is 15.3 Å². The van der Waals surface area contributed by atoms with Crippen molar-refractivity contribution in [3.8, 4) is 0 Å². The van der Waals surface area contributed by atoms with Crippen molar-refractivity contribution in [1.29, 1.82) is 0 Å². The molecule has 1 aliphatic rings. The van der Waals surface area contributed by atoms with Crippen LogP contribution < -0.4 is 10.2 Å². The van der Waals surface area contributed by atoms with Crippen LogP contribution in [-0.4, -0.2) is 19.6 Å². The van der Waals surface area contributed by atoms with Crippen LogP contribution in [0.15, 0.2) is 18.2 Å². The standard InChI is InChI=1S/C17H27ClN2/c1-3-6-14-9-11-20(12-10-14)17-15(13-19-4-2)7-5-8-16(17)18/h5,7-8,14,19H,3-4,6,9-13H2,1-2H3. The molecule has 0 spiro atoms. The third kappa shape index (κ3) is 3.89. The number of hydrogen-bond donors (Lipinski definition) is 1. The Labute approximate surface area is 128 Å². The van der Waals surface area contributed by atoms with Crippen molar-refractivity contribution in [2.24, 2.45) is 5.92 Å². The van der Waals surface area contributed by atoms with Crippen molar-refractivity contribution in [3.63, 3.8) is 0 Å². The van der Waals surface area contributed by atoms with Crippen molar-refractivity contribution < 1.29 is 0 Å². The summed E-state index contributed by atoms with van der Waals surface area (Å²) in [5, 5.41) is 4.31. The highest BCUT2D eigenvalue weighted by molar-refractivity contribution is 6.33. The summed E-state index contributed by atoms with van der Waals surface area (Å²) in [6, 6.07) is 6.27. The van der Waals surface area contributed by atoms with E-state index in [1.165, 1.54) is 36.9 Å². The summed E-state index contributed by atoms with van der Waals surface area (Å²) in [6.07, 6.45) is 5.29. The lowest BCUT2D eigenvalue weighted by atomic mass is 9.92. The molecular weight excluding hydrogens is 268 g/mol. The lowest BCUT2D eigenvalue weighted by Crippen LogP contribution is -2.34. The molecule has 0 unspecified atom stereocenters. The summed E-state index contributed by atoms with van der Waals surface area (Å²) in [6.45, 7) is 8.61. The second kappa shape index (κ2) is 7.90. The van der Waals surface area contributed by atoms with E-state index >= 15 is 0 Å². The van der Waals surface area contributed by atoms with Crippen molar-refractivity contribution in [1.82, 2.24) is 5.32 Å². The van der Waals surface area contributed by atoms with E-state index in [1.54, 1.807) is 0 Å². The van der Waals surface area contributed by atoms with E-state index in [1.807, 2.05) is 6.07 Å². The Morgan fingerprint density at radius 2 is 2.00 bits per heavy atom. The molecule has 0 aliphatic carbocycles. The van der Waals surface area contributed by atoms with Crippen LogP contribution in [0.4, 0.5) is 5.69 Å². The Bertz CT molecular complexity index is 411. The predicted octanol–water partition coefficient (Wildman–Crippen LogP) is 4.47. The van der Waals surface area contributed by atoms with Gasteiger partial charge in [-0.1, -0.05) is 50.4 Å². The largest absolute Gasteiger partial charge is 0.370 e. The van der Waals surface area contributed by atoms with Crippen LogP contribution in [0.25, 0.3) is 0 Å². The lowest BCUT2D eigenvalue weighted by Gasteiger charge is -2.35. The molecule has 1 aliphatic heterocycles. The molecule has 1 fully saturated rings. The van der Waals surface area contributed by atoms with Crippen molar-refractivity contribution in [3.05, 3.63) is 28.8 Å². The van der Waals surface area contributed by atoms with Crippen LogP contribution >= 0.6 is 11.6 Å². The predicted molar refractivity (Wildman–Crippen MR) is 88.7 cm³/mol. The first kappa shape index (κ1) is 15.7. The molecular formula is C17H27ClN2. The van der Waals surface area contributed by atoms with Gasteiger partial charge in [0.2, 0.25) is 0 Å². The average molecular weight is 295 g/mol. The lowest BCUT2D eigenvalue weighted by molar-refractivity contribution is 0.378. The minimum absolute atomic E-state index is 0.898. The van der Waals surface area contributed by atoms with Gasteiger partial charge in [0, 0.05) is 19.6 Å². The summed E-state index contributed by atoms with van der Waals surface area (Å²) in [5.41, 5.74) is 2.58. The highest BCUT2D eigenvalue weighted by atomic mass is 35.5. The number of benzene rings is 1. The van der Waals surface area contributed by atoms with Crippen molar-refractivity contribution in [2.45, 2.75) is 46.1 Å². The average Bonchev–Trinajstić information content (AvgIpc) is 2.47. The highest BCUT2D eigenvalue weighted by Crippen LogP contribution is 2.33. The Morgan fingerprint density at radius 3 is 2.65 bits per heavy atom. The second-order valence-electron chi connectivity index (χ2n) is 5.75. The molecule has 2 nitrogen and oxygen atoms in total. The van der Waals surface area contributed by atoms with Crippen molar-refractivity contribution in [2.75, 3.05) is 24.5 Å². The van der Waals surface area contributed by atoms with Gasteiger partial charge in [-0.15, -0.1) is 0 Å². The van der Waals surface area contributed by atoms with Gasteiger partial charge in [0.25, 0.3) is 0 Å². The molecule has 0 atom stereocenters. The van der Waals surface area contributed by atoms with E-state index in [9.17, 15) is 0 Å². The summed E-state index contributed by atoms with van der Waals surface area (Å²) >= 11 is 6.47. The molecule has 0 aromatic heterocycles. The molecule has 2 rings (SSSR count). The third-order valence-electron chi connectivity index (χ3n) is 4.26. The highest BCUT2D eigenvalue weighted by Gasteiger charge is 2.21. The fourth-order valence-corrected chi connectivity index (χ4v) is 3.48. The van der Waals surface area contributed by atoms with Gasteiger partial charge in [0.05, 0.1) is 10.7 Å². The minimum Gasteiger partial charge on any atom is -0.370 e. The van der Waals surface area contributed by atoms with E-state index in [0.29, 0.717) is 0 Å². The van der Waals surface area contributed by atoms with Gasteiger partial charge < -0.3 is 10.2 Å². The molecule has 0 saturated carbocycles. The first-order valence-corrected chi connectivity index (χ1v) is 8.37. The number of nitrogens with zero attached hydrogens (tertiary/aromatic N) is 1. The van der Waals surface area contributed by atoms with Crippen molar-refractivity contribution >= 4 is 17.3 Å². The molecule has 3 heteroatoms. The fraction of sp³-hybridized carbons (Fsp3) is 0.647. The summed E-state index contributed by atoms with van der Waals surface area (Å²) in [4.78, 5) is 2.49. The Morgan fingerprint density at radius 1 is 1.25 bits per heavy atom. The normalized spacial score (nSPS) is 16.6. The number of hydrogen-bond acceptors (Lipinski definition) is 2. The molecule has 1 aromatic rings. The first-order valence-electron chi connectivity index (χ1n) is 7.99. The van der Waals surface area contributed by atoms with Gasteiger partial charge in [-0.2, -0.15) is 0 Å². The van der Waals surface area contributed by atoms with Crippen LogP contribution in [0, 0.1) is 5.92 Å². The molecule has 0 radical (unpaired) electrons. The molecule has 1 aromatic carbocycles. The maximum Gasteiger partial charge on any atom is 0.0642 e. The Balaban J connectivity index is 2.08. The molecule has 1 heterocycles. The molecule has 0 bridgehead atoms. The zero-order valence-electron chi connectivity index (χ0n) is 12.8.